The zero-order valence-electron chi connectivity index (χ0n) is 19.8. The maximum atomic E-state index is 12.8. The third-order valence-corrected chi connectivity index (χ3v) is 7.22. The topological polar surface area (TPSA) is 95.9 Å². The molecule has 0 saturated carbocycles. The molecule has 0 bridgehead atoms. The van der Waals surface area contributed by atoms with Crippen molar-refractivity contribution in [3.63, 3.8) is 0 Å². The van der Waals surface area contributed by atoms with Crippen LogP contribution in [0.2, 0.25) is 0 Å². The predicted octanol–water partition coefficient (Wildman–Crippen LogP) is 4.41. The second-order valence-corrected chi connectivity index (χ2v) is 9.47. The monoisotopic (exact) mass is 464 g/mol. The number of aliphatic carboxylic acids is 1. The number of hydrogen-bond donors (Lipinski definition) is 2. The molecule has 0 spiro atoms. The van der Waals surface area contributed by atoms with Crippen molar-refractivity contribution in [3.05, 3.63) is 59.7 Å². The molecule has 7 nitrogen and oxygen atoms in total. The number of ether oxygens (including phenoxy) is 1. The van der Waals surface area contributed by atoms with Gasteiger partial charge in [0.15, 0.2) is 0 Å². The van der Waals surface area contributed by atoms with Crippen LogP contribution in [-0.4, -0.2) is 53.2 Å². The number of carbonyl (C=O) groups excluding carboxylic acids is 2. The number of rotatable bonds is 8. The molecular formula is C27H32N2O5. The third-order valence-electron chi connectivity index (χ3n) is 7.22. The van der Waals surface area contributed by atoms with Gasteiger partial charge in [0.25, 0.3) is 0 Å². The van der Waals surface area contributed by atoms with Gasteiger partial charge in [-0.1, -0.05) is 55.5 Å². The first-order chi connectivity index (χ1) is 16.3. The lowest BCUT2D eigenvalue weighted by Gasteiger charge is -2.33. The summed E-state index contributed by atoms with van der Waals surface area (Å²) in [5.74, 6) is -1.38. The fourth-order valence-electron chi connectivity index (χ4n) is 5.18. The number of benzene rings is 2. The van der Waals surface area contributed by atoms with Crippen LogP contribution in [-0.2, 0) is 14.3 Å². The molecule has 2 amide bonds. The highest BCUT2D eigenvalue weighted by atomic mass is 16.5. The number of likely N-dealkylation sites (tertiary alicyclic amines) is 1. The normalized spacial score (nSPS) is 19.9. The van der Waals surface area contributed by atoms with Crippen molar-refractivity contribution in [3.8, 4) is 11.1 Å². The Kier molecular flexibility index (Phi) is 6.91. The molecule has 0 radical (unpaired) electrons. The van der Waals surface area contributed by atoms with Gasteiger partial charge in [0.05, 0.1) is 0 Å². The van der Waals surface area contributed by atoms with E-state index in [2.05, 4.69) is 29.6 Å². The van der Waals surface area contributed by atoms with Gasteiger partial charge in [-0.05, 0) is 54.9 Å². The first-order valence-corrected chi connectivity index (χ1v) is 12.0. The smallest absolute Gasteiger partial charge is 0.407 e. The maximum Gasteiger partial charge on any atom is 0.407 e. The van der Waals surface area contributed by atoms with E-state index in [1.165, 1.54) is 27.2 Å². The fraction of sp³-hybridized carbons (Fsp3) is 0.444. The predicted molar refractivity (Wildman–Crippen MR) is 128 cm³/mol. The van der Waals surface area contributed by atoms with E-state index < -0.39 is 17.6 Å². The molecule has 1 heterocycles. The number of hydrogen-bond acceptors (Lipinski definition) is 4. The summed E-state index contributed by atoms with van der Waals surface area (Å²) < 4.78 is 5.54. The molecular weight excluding hydrogens is 432 g/mol. The van der Waals surface area contributed by atoms with Crippen molar-refractivity contribution < 1.29 is 24.2 Å². The number of carboxylic acids is 1. The molecule has 2 atom stereocenters. The van der Waals surface area contributed by atoms with Crippen LogP contribution in [0.1, 0.15) is 56.6 Å². The average molecular weight is 465 g/mol. The van der Waals surface area contributed by atoms with Gasteiger partial charge < -0.3 is 20.1 Å². The van der Waals surface area contributed by atoms with E-state index in [0.29, 0.717) is 38.8 Å². The van der Waals surface area contributed by atoms with Crippen molar-refractivity contribution >= 4 is 18.0 Å². The molecule has 2 aliphatic rings. The molecule has 4 rings (SSSR count). The highest BCUT2D eigenvalue weighted by molar-refractivity contribution is 5.88. The Hall–Kier alpha value is -3.35. The lowest BCUT2D eigenvalue weighted by Crippen LogP contribution is -2.52. The van der Waals surface area contributed by atoms with Gasteiger partial charge in [-0.3, -0.25) is 4.79 Å². The summed E-state index contributed by atoms with van der Waals surface area (Å²) in [5.41, 5.74) is 3.58. The zero-order chi connectivity index (χ0) is 24.3. The van der Waals surface area contributed by atoms with E-state index in [-0.39, 0.29) is 24.3 Å². The molecule has 0 aromatic heterocycles. The van der Waals surface area contributed by atoms with Crippen LogP contribution >= 0.6 is 0 Å². The first-order valence-electron chi connectivity index (χ1n) is 12.0. The Morgan fingerprint density at radius 2 is 1.74 bits per heavy atom. The molecule has 180 valence electrons. The molecule has 2 aromatic carbocycles. The summed E-state index contributed by atoms with van der Waals surface area (Å²) in [6.45, 7) is 4.56. The molecule has 7 heteroatoms. The first kappa shape index (κ1) is 23.8. The number of carboxylic acid groups (broad SMARTS) is 1. The van der Waals surface area contributed by atoms with E-state index in [4.69, 9.17) is 4.74 Å². The van der Waals surface area contributed by atoms with Gasteiger partial charge in [0.2, 0.25) is 5.91 Å². The Bertz CT molecular complexity index is 1040. The minimum absolute atomic E-state index is 0.0137. The molecule has 34 heavy (non-hydrogen) atoms. The average Bonchev–Trinajstić information content (AvgIpc) is 3.39. The standard InChI is InChI=1S/C27H32N2O5/c1-18(24(30)29-16-8-14-27(29,2)25(31)32)9-7-15-28-26(33)34-17-23-21-12-5-3-10-19(21)20-11-4-6-13-22(20)23/h3-6,10-13,18,23H,7-9,14-17H2,1-2H3,(H,28,33)(H,31,32)/t18?,27-/m0/s1. The number of alkyl carbamates (subject to hydrolysis) is 1. The Morgan fingerprint density at radius 3 is 2.35 bits per heavy atom. The molecule has 1 saturated heterocycles. The van der Waals surface area contributed by atoms with Gasteiger partial charge in [-0.25, -0.2) is 9.59 Å². The molecule has 1 aliphatic carbocycles. The number of fused-ring (bicyclic) bond motifs is 3. The highest BCUT2D eigenvalue weighted by Crippen LogP contribution is 2.44. The van der Waals surface area contributed by atoms with Crippen LogP contribution in [0.5, 0.6) is 0 Å². The summed E-state index contributed by atoms with van der Waals surface area (Å²) in [6, 6.07) is 16.4. The lowest BCUT2D eigenvalue weighted by molar-refractivity contribution is -0.156. The van der Waals surface area contributed by atoms with E-state index >= 15 is 0 Å². The summed E-state index contributed by atoms with van der Waals surface area (Å²) in [6.07, 6.45) is 1.87. The number of nitrogens with zero attached hydrogens (tertiary/aromatic N) is 1. The molecule has 1 fully saturated rings. The van der Waals surface area contributed by atoms with Crippen LogP contribution in [0.25, 0.3) is 11.1 Å². The third kappa shape index (κ3) is 4.52. The summed E-state index contributed by atoms with van der Waals surface area (Å²) in [7, 11) is 0. The van der Waals surface area contributed by atoms with Crippen LogP contribution in [0, 0.1) is 5.92 Å². The van der Waals surface area contributed by atoms with Gasteiger partial charge in [-0.2, -0.15) is 0 Å². The van der Waals surface area contributed by atoms with E-state index in [1.807, 2.05) is 31.2 Å². The number of carbonyl (C=O) groups is 3. The number of amides is 2. The second kappa shape index (κ2) is 9.87. The molecule has 1 unspecified atom stereocenters. The van der Waals surface area contributed by atoms with Crippen LogP contribution < -0.4 is 5.32 Å². The SMILES string of the molecule is CC(CCCNC(=O)OCC1c2ccccc2-c2ccccc21)C(=O)N1CCC[C@@]1(C)C(=O)O. The second-order valence-electron chi connectivity index (χ2n) is 9.47. The summed E-state index contributed by atoms with van der Waals surface area (Å²) in [4.78, 5) is 38.2. The van der Waals surface area contributed by atoms with Gasteiger partial charge >= 0.3 is 12.1 Å². The van der Waals surface area contributed by atoms with Crippen molar-refractivity contribution in [2.75, 3.05) is 19.7 Å². The molecule has 1 aliphatic heterocycles. The van der Waals surface area contributed by atoms with E-state index in [1.54, 1.807) is 6.92 Å². The summed E-state index contributed by atoms with van der Waals surface area (Å²) >= 11 is 0. The lowest BCUT2D eigenvalue weighted by atomic mass is 9.96. The Morgan fingerprint density at radius 1 is 1.12 bits per heavy atom. The van der Waals surface area contributed by atoms with E-state index in [0.717, 1.165) is 0 Å². The maximum absolute atomic E-state index is 12.8. The Labute approximate surface area is 200 Å². The van der Waals surface area contributed by atoms with Crippen molar-refractivity contribution in [1.82, 2.24) is 10.2 Å². The summed E-state index contributed by atoms with van der Waals surface area (Å²) in [5, 5.41) is 12.3. The minimum Gasteiger partial charge on any atom is -0.480 e. The van der Waals surface area contributed by atoms with Crippen LogP contribution in [0.15, 0.2) is 48.5 Å². The Balaban J connectivity index is 1.23. The van der Waals surface area contributed by atoms with Crippen LogP contribution in [0.4, 0.5) is 4.79 Å². The largest absolute Gasteiger partial charge is 0.480 e. The quantitative estimate of drug-likeness (QED) is 0.565. The molecule has 2 aromatic rings. The van der Waals surface area contributed by atoms with Crippen LogP contribution in [0.3, 0.4) is 0 Å². The van der Waals surface area contributed by atoms with Crippen molar-refractivity contribution in [2.24, 2.45) is 5.92 Å². The van der Waals surface area contributed by atoms with Gasteiger partial charge in [0.1, 0.15) is 12.1 Å². The fourth-order valence-corrected chi connectivity index (χ4v) is 5.18. The van der Waals surface area contributed by atoms with Gasteiger partial charge in [0, 0.05) is 24.9 Å². The van der Waals surface area contributed by atoms with Crippen molar-refractivity contribution in [1.29, 1.82) is 0 Å². The van der Waals surface area contributed by atoms with Gasteiger partial charge in [-0.15, -0.1) is 0 Å². The number of nitrogens with one attached hydrogen (secondary N) is 1. The zero-order valence-corrected chi connectivity index (χ0v) is 19.8. The molecule has 2 N–H and O–H groups in total. The van der Waals surface area contributed by atoms with Crippen molar-refractivity contribution in [2.45, 2.75) is 51.0 Å². The van der Waals surface area contributed by atoms with E-state index in [9.17, 15) is 19.5 Å². The minimum atomic E-state index is -1.12. The highest BCUT2D eigenvalue weighted by Gasteiger charge is 2.46.